The second-order valence-corrected chi connectivity index (χ2v) is 5.57. The summed E-state index contributed by atoms with van der Waals surface area (Å²) < 4.78 is 29.4. The third-order valence-corrected chi connectivity index (χ3v) is 4.28. The molecule has 2 aliphatic rings. The van der Waals surface area contributed by atoms with Crippen LogP contribution in [0.3, 0.4) is 0 Å². The molecule has 3 nitrogen and oxygen atoms in total. The summed E-state index contributed by atoms with van der Waals surface area (Å²) in [5.74, 6) is 0.233. The SMILES string of the molecule is FC(F)Oc1ccccc1NC1CCN2CCCC2C1. The molecular weight excluding hydrogens is 262 g/mol. The first-order chi connectivity index (χ1) is 9.72. The van der Waals surface area contributed by atoms with E-state index in [0.29, 0.717) is 17.8 Å². The summed E-state index contributed by atoms with van der Waals surface area (Å²) in [5.41, 5.74) is 0.671. The molecule has 0 saturated carbocycles. The molecule has 0 aliphatic carbocycles. The number of rotatable bonds is 4. The van der Waals surface area contributed by atoms with E-state index >= 15 is 0 Å². The van der Waals surface area contributed by atoms with Gasteiger partial charge < -0.3 is 15.0 Å². The quantitative estimate of drug-likeness (QED) is 0.916. The molecule has 0 amide bonds. The Labute approximate surface area is 117 Å². The maximum atomic E-state index is 12.4. The Morgan fingerprint density at radius 2 is 2.05 bits per heavy atom. The highest BCUT2D eigenvalue weighted by Gasteiger charge is 2.31. The zero-order valence-corrected chi connectivity index (χ0v) is 11.4. The molecule has 2 aliphatic heterocycles. The number of ether oxygens (including phenoxy) is 1. The summed E-state index contributed by atoms with van der Waals surface area (Å²) in [6.45, 7) is -0.475. The molecule has 110 valence electrons. The Bertz CT molecular complexity index is 455. The number of nitrogens with zero attached hydrogens (tertiary/aromatic N) is 1. The van der Waals surface area contributed by atoms with E-state index in [2.05, 4.69) is 15.0 Å². The Balaban J connectivity index is 1.65. The summed E-state index contributed by atoms with van der Waals surface area (Å²) >= 11 is 0. The van der Waals surface area contributed by atoms with Crippen molar-refractivity contribution < 1.29 is 13.5 Å². The first-order valence-corrected chi connectivity index (χ1v) is 7.27. The number of hydrogen-bond acceptors (Lipinski definition) is 3. The molecule has 0 radical (unpaired) electrons. The van der Waals surface area contributed by atoms with E-state index < -0.39 is 6.61 Å². The molecule has 1 aromatic carbocycles. The second-order valence-electron chi connectivity index (χ2n) is 5.57. The first-order valence-electron chi connectivity index (χ1n) is 7.27. The summed E-state index contributed by atoms with van der Waals surface area (Å²) in [7, 11) is 0. The summed E-state index contributed by atoms with van der Waals surface area (Å²) in [4.78, 5) is 2.54. The highest BCUT2D eigenvalue weighted by atomic mass is 19.3. The predicted molar refractivity (Wildman–Crippen MR) is 74.3 cm³/mol. The van der Waals surface area contributed by atoms with Crippen LogP contribution in [0.15, 0.2) is 24.3 Å². The van der Waals surface area contributed by atoms with Gasteiger partial charge in [-0.15, -0.1) is 0 Å². The van der Waals surface area contributed by atoms with Crippen molar-refractivity contribution in [2.24, 2.45) is 0 Å². The summed E-state index contributed by atoms with van der Waals surface area (Å²) in [6.07, 6.45) is 4.68. The van der Waals surface area contributed by atoms with E-state index in [4.69, 9.17) is 0 Å². The average Bonchev–Trinajstić information content (AvgIpc) is 2.88. The molecule has 2 unspecified atom stereocenters. The minimum Gasteiger partial charge on any atom is -0.433 e. The normalized spacial score (nSPS) is 26.6. The van der Waals surface area contributed by atoms with E-state index in [1.54, 1.807) is 18.2 Å². The van der Waals surface area contributed by atoms with Gasteiger partial charge in [-0.25, -0.2) is 0 Å². The van der Waals surface area contributed by atoms with Crippen molar-refractivity contribution in [3.05, 3.63) is 24.3 Å². The predicted octanol–water partition coefficient (Wildman–Crippen LogP) is 3.33. The third kappa shape index (κ3) is 3.03. The van der Waals surface area contributed by atoms with Crippen molar-refractivity contribution in [1.82, 2.24) is 4.90 Å². The lowest BCUT2D eigenvalue weighted by Gasteiger charge is -2.35. The molecule has 2 saturated heterocycles. The molecule has 1 aromatic rings. The fraction of sp³-hybridized carbons (Fsp3) is 0.600. The zero-order chi connectivity index (χ0) is 13.9. The van der Waals surface area contributed by atoms with Crippen molar-refractivity contribution in [2.45, 2.75) is 44.4 Å². The van der Waals surface area contributed by atoms with Crippen LogP contribution in [0.2, 0.25) is 0 Å². The van der Waals surface area contributed by atoms with Crippen LogP contribution in [0.4, 0.5) is 14.5 Å². The first kappa shape index (κ1) is 13.6. The van der Waals surface area contributed by atoms with Gasteiger partial charge in [0, 0.05) is 18.6 Å². The molecule has 3 rings (SSSR count). The van der Waals surface area contributed by atoms with Crippen molar-refractivity contribution >= 4 is 5.69 Å². The van der Waals surface area contributed by atoms with Crippen LogP contribution in [0.25, 0.3) is 0 Å². The number of fused-ring (bicyclic) bond motifs is 1. The van der Waals surface area contributed by atoms with E-state index in [1.165, 1.54) is 19.4 Å². The molecule has 5 heteroatoms. The number of benzene rings is 1. The molecule has 2 atom stereocenters. The van der Waals surface area contributed by atoms with Gasteiger partial charge in [-0.3, -0.25) is 0 Å². The number of para-hydroxylation sites is 2. The van der Waals surface area contributed by atoms with E-state index in [1.807, 2.05) is 6.07 Å². The van der Waals surface area contributed by atoms with Crippen LogP contribution in [0.5, 0.6) is 5.75 Å². The maximum Gasteiger partial charge on any atom is 0.387 e. The van der Waals surface area contributed by atoms with Gasteiger partial charge in [0.15, 0.2) is 0 Å². The molecule has 1 N–H and O–H groups in total. The minimum absolute atomic E-state index is 0.233. The van der Waals surface area contributed by atoms with E-state index in [-0.39, 0.29) is 5.75 Å². The van der Waals surface area contributed by atoms with Crippen LogP contribution >= 0.6 is 0 Å². The summed E-state index contributed by atoms with van der Waals surface area (Å²) in [6, 6.07) is 7.94. The van der Waals surface area contributed by atoms with Crippen molar-refractivity contribution in [1.29, 1.82) is 0 Å². The summed E-state index contributed by atoms with van der Waals surface area (Å²) in [5, 5.41) is 3.38. The number of alkyl halides is 2. The fourth-order valence-electron chi connectivity index (χ4n) is 3.36. The molecule has 2 heterocycles. The van der Waals surface area contributed by atoms with Gasteiger partial charge in [-0.05, 0) is 44.4 Å². The lowest BCUT2D eigenvalue weighted by atomic mass is 9.97. The topological polar surface area (TPSA) is 24.5 Å². The fourth-order valence-corrected chi connectivity index (χ4v) is 3.36. The van der Waals surface area contributed by atoms with E-state index in [0.717, 1.165) is 19.4 Å². The van der Waals surface area contributed by atoms with Crippen molar-refractivity contribution in [3.8, 4) is 5.75 Å². The zero-order valence-electron chi connectivity index (χ0n) is 11.4. The highest BCUT2D eigenvalue weighted by molar-refractivity contribution is 5.56. The number of halogens is 2. The van der Waals surface area contributed by atoms with Gasteiger partial charge >= 0.3 is 6.61 Å². The highest BCUT2D eigenvalue weighted by Crippen LogP contribution is 2.31. The standard InChI is InChI=1S/C15H20F2N2O/c16-15(17)20-14-6-2-1-5-13(14)18-11-7-9-19-8-3-4-12(19)10-11/h1-2,5-6,11-12,15,18H,3-4,7-10H2. The lowest BCUT2D eigenvalue weighted by molar-refractivity contribution is -0.0494. The minimum atomic E-state index is -2.78. The van der Waals surface area contributed by atoms with Crippen molar-refractivity contribution in [2.75, 3.05) is 18.4 Å². The van der Waals surface area contributed by atoms with Crippen LogP contribution in [0.1, 0.15) is 25.7 Å². The van der Waals surface area contributed by atoms with Crippen LogP contribution in [-0.4, -0.2) is 36.7 Å². The van der Waals surface area contributed by atoms with Crippen LogP contribution < -0.4 is 10.1 Å². The third-order valence-electron chi connectivity index (χ3n) is 4.28. The molecule has 2 fully saturated rings. The molecular formula is C15H20F2N2O. The molecule has 0 aromatic heterocycles. The van der Waals surface area contributed by atoms with Gasteiger partial charge in [0.2, 0.25) is 0 Å². The molecule has 0 spiro atoms. The Kier molecular flexibility index (Phi) is 4.05. The molecule has 20 heavy (non-hydrogen) atoms. The van der Waals surface area contributed by atoms with Crippen LogP contribution in [0, 0.1) is 0 Å². The maximum absolute atomic E-state index is 12.4. The number of anilines is 1. The monoisotopic (exact) mass is 282 g/mol. The van der Waals surface area contributed by atoms with Crippen LogP contribution in [-0.2, 0) is 0 Å². The Morgan fingerprint density at radius 1 is 1.20 bits per heavy atom. The van der Waals surface area contributed by atoms with Gasteiger partial charge in [-0.2, -0.15) is 8.78 Å². The molecule has 0 bridgehead atoms. The average molecular weight is 282 g/mol. The van der Waals surface area contributed by atoms with E-state index in [9.17, 15) is 8.78 Å². The number of nitrogens with one attached hydrogen (secondary N) is 1. The number of hydrogen-bond donors (Lipinski definition) is 1. The Morgan fingerprint density at radius 3 is 2.90 bits per heavy atom. The number of piperidine rings is 1. The van der Waals surface area contributed by atoms with Gasteiger partial charge in [0.1, 0.15) is 5.75 Å². The van der Waals surface area contributed by atoms with Crippen molar-refractivity contribution in [3.63, 3.8) is 0 Å². The second kappa shape index (κ2) is 5.95. The Hall–Kier alpha value is -1.36. The van der Waals surface area contributed by atoms with Gasteiger partial charge in [0.25, 0.3) is 0 Å². The van der Waals surface area contributed by atoms with Gasteiger partial charge in [-0.1, -0.05) is 12.1 Å². The smallest absolute Gasteiger partial charge is 0.387 e. The largest absolute Gasteiger partial charge is 0.433 e. The lowest BCUT2D eigenvalue weighted by Crippen LogP contribution is -2.42. The van der Waals surface area contributed by atoms with Gasteiger partial charge in [0.05, 0.1) is 5.69 Å².